The smallest absolute Gasteiger partial charge is 0.410 e. The van der Waals surface area contributed by atoms with Gasteiger partial charge in [-0.25, -0.2) is 4.79 Å². The highest BCUT2D eigenvalue weighted by molar-refractivity contribution is 7.15. The highest BCUT2D eigenvalue weighted by Gasteiger charge is 2.34. The van der Waals surface area contributed by atoms with Crippen molar-refractivity contribution in [2.45, 2.75) is 52.7 Å². The first-order valence-electron chi connectivity index (χ1n) is 7.30. The molecule has 0 atom stereocenters. The van der Waals surface area contributed by atoms with Crippen LogP contribution in [0.15, 0.2) is 0 Å². The molecule has 118 valence electrons. The normalized spacial score (nSPS) is 16.0. The van der Waals surface area contributed by atoms with Crippen LogP contribution >= 0.6 is 11.3 Å². The van der Waals surface area contributed by atoms with E-state index in [1.165, 1.54) is 0 Å². The van der Waals surface area contributed by atoms with Gasteiger partial charge in [0.05, 0.1) is 6.04 Å². The van der Waals surface area contributed by atoms with Gasteiger partial charge >= 0.3 is 6.09 Å². The second-order valence-electron chi connectivity index (χ2n) is 6.83. The maximum absolute atomic E-state index is 11.8. The van der Waals surface area contributed by atoms with Crippen molar-refractivity contribution in [2.24, 2.45) is 5.92 Å². The van der Waals surface area contributed by atoms with Gasteiger partial charge in [0.25, 0.3) is 0 Å². The van der Waals surface area contributed by atoms with E-state index in [2.05, 4.69) is 29.4 Å². The van der Waals surface area contributed by atoms with Crippen LogP contribution in [0.4, 0.5) is 9.93 Å². The number of nitrogens with one attached hydrogen (secondary N) is 1. The Kier molecular flexibility index (Phi) is 4.70. The summed E-state index contributed by atoms with van der Waals surface area (Å²) < 4.78 is 5.32. The molecule has 0 aliphatic carbocycles. The number of hydrogen-bond donors (Lipinski definition) is 1. The molecule has 6 nitrogen and oxygen atoms in total. The molecule has 0 aromatic carbocycles. The molecule has 0 radical (unpaired) electrons. The van der Waals surface area contributed by atoms with Gasteiger partial charge in [-0.2, -0.15) is 0 Å². The zero-order valence-electron chi connectivity index (χ0n) is 13.3. The van der Waals surface area contributed by atoms with E-state index in [0.29, 0.717) is 19.0 Å². The number of carbonyl (C=O) groups is 1. The molecule has 1 aliphatic heterocycles. The minimum Gasteiger partial charge on any atom is -0.444 e. The van der Waals surface area contributed by atoms with E-state index < -0.39 is 5.60 Å². The predicted octanol–water partition coefficient (Wildman–Crippen LogP) is 2.77. The Labute approximate surface area is 129 Å². The number of likely N-dealkylation sites (tertiary alicyclic amines) is 1. The molecule has 1 aliphatic rings. The van der Waals surface area contributed by atoms with Crippen LogP contribution in [0, 0.1) is 5.92 Å². The van der Waals surface area contributed by atoms with Crippen LogP contribution < -0.4 is 5.32 Å². The monoisotopic (exact) mass is 312 g/mol. The third-order valence-electron chi connectivity index (χ3n) is 2.91. The first-order valence-corrected chi connectivity index (χ1v) is 8.11. The van der Waals surface area contributed by atoms with Crippen LogP contribution in [-0.2, 0) is 11.2 Å². The molecule has 0 spiro atoms. The number of ether oxygens (including phenoxy) is 1. The van der Waals surface area contributed by atoms with E-state index in [4.69, 9.17) is 4.74 Å². The van der Waals surface area contributed by atoms with Gasteiger partial charge < -0.3 is 15.0 Å². The first kappa shape index (κ1) is 16.0. The van der Waals surface area contributed by atoms with E-state index >= 15 is 0 Å². The average molecular weight is 312 g/mol. The van der Waals surface area contributed by atoms with E-state index in [9.17, 15) is 4.79 Å². The number of hydrogen-bond acceptors (Lipinski definition) is 6. The Morgan fingerprint density at radius 2 is 2.10 bits per heavy atom. The van der Waals surface area contributed by atoms with Crippen LogP contribution in [0.25, 0.3) is 0 Å². The highest BCUT2D eigenvalue weighted by atomic mass is 32.1. The Balaban J connectivity index is 1.75. The molecule has 0 saturated carbocycles. The summed E-state index contributed by atoms with van der Waals surface area (Å²) in [6.45, 7) is 11.2. The van der Waals surface area contributed by atoms with Gasteiger partial charge in [0, 0.05) is 19.5 Å². The van der Waals surface area contributed by atoms with Crippen molar-refractivity contribution in [3.8, 4) is 0 Å². The Morgan fingerprint density at radius 1 is 1.43 bits per heavy atom. The molecule has 1 N–H and O–H groups in total. The molecule has 2 heterocycles. The second kappa shape index (κ2) is 6.17. The number of carbonyl (C=O) groups excluding carboxylic acids is 1. The summed E-state index contributed by atoms with van der Waals surface area (Å²) in [4.78, 5) is 13.5. The van der Waals surface area contributed by atoms with Crippen molar-refractivity contribution >= 4 is 22.6 Å². The van der Waals surface area contributed by atoms with Gasteiger partial charge in [-0.05, 0) is 26.7 Å². The van der Waals surface area contributed by atoms with E-state index in [1.807, 2.05) is 20.8 Å². The zero-order chi connectivity index (χ0) is 15.6. The van der Waals surface area contributed by atoms with Gasteiger partial charge in [0.1, 0.15) is 10.6 Å². The van der Waals surface area contributed by atoms with Crippen molar-refractivity contribution in [1.29, 1.82) is 0 Å². The number of amides is 1. The van der Waals surface area contributed by atoms with E-state index in [-0.39, 0.29) is 12.1 Å². The fourth-order valence-corrected chi connectivity index (χ4v) is 2.99. The van der Waals surface area contributed by atoms with E-state index in [0.717, 1.165) is 16.6 Å². The van der Waals surface area contributed by atoms with Crippen molar-refractivity contribution in [1.82, 2.24) is 15.1 Å². The Morgan fingerprint density at radius 3 is 2.67 bits per heavy atom. The number of rotatable bonds is 4. The Hall–Kier alpha value is -1.37. The highest BCUT2D eigenvalue weighted by Crippen LogP contribution is 2.22. The molecule has 0 bridgehead atoms. The summed E-state index contributed by atoms with van der Waals surface area (Å²) >= 11 is 1.59. The lowest BCUT2D eigenvalue weighted by Gasteiger charge is -2.39. The van der Waals surface area contributed by atoms with Crippen molar-refractivity contribution < 1.29 is 9.53 Å². The lowest BCUT2D eigenvalue weighted by Crippen LogP contribution is -2.57. The van der Waals surface area contributed by atoms with Crippen LogP contribution in [0.3, 0.4) is 0 Å². The molecule has 0 unspecified atom stereocenters. The molecule has 21 heavy (non-hydrogen) atoms. The summed E-state index contributed by atoms with van der Waals surface area (Å²) in [5, 5.41) is 13.5. The predicted molar refractivity (Wildman–Crippen MR) is 83.7 cm³/mol. The lowest BCUT2D eigenvalue weighted by molar-refractivity contribution is 0.0105. The third kappa shape index (κ3) is 4.84. The van der Waals surface area contributed by atoms with Crippen molar-refractivity contribution in [3.63, 3.8) is 0 Å². The van der Waals surface area contributed by atoms with Crippen molar-refractivity contribution in [3.05, 3.63) is 5.01 Å². The first-order chi connectivity index (χ1) is 9.73. The SMILES string of the molecule is CC(C)Cc1nnc(NC2CN(C(=O)OC(C)(C)C)C2)s1. The van der Waals surface area contributed by atoms with Gasteiger partial charge in [-0.1, -0.05) is 25.2 Å². The number of nitrogens with zero attached hydrogens (tertiary/aromatic N) is 3. The summed E-state index contributed by atoms with van der Waals surface area (Å²) in [6.07, 6.45) is 0.701. The fraction of sp³-hybridized carbons (Fsp3) is 0.786. The zero-order valence-corrected chi connectivity index (χ0v) is 14.2. The molecule has 7 heteroatoms. The topological polar surface area (TPSA) is 67.4 Å². The van der Waals surface area contributed by atoms with E-state index in [1.54, 1.807) is 16.2 Å². The van der Waals surface area contributed by atoms with Gasteiger partial charge in [0.15, 0.2) is 0 Å². The standard InChI is InChI=1S/C14H24N4O2S/c1-9(2)6-11-16-17-12(21-11)15-10-7-18(8-10)13(19)20-14(3,4)5/h9-10H,6-8H2,1-5H3,(H,15,17). The number of anilines is 1. The number of aromatic nitrogens is 2. The van der Waals surface area contributed by atoms with Crippen molar-refractivity contribution in [2.75, 3.05) is 18.4 Å². The summed E-state index contributed by atoms with van der Waals surface area (Å²) in [7, 11) is 0. The van der Waals surface area contributed by atoms with Gasteiger partial charge in [0.2, 0.25) is 5.13 Å². The summed E-state index contributed by atoms with van der Waals surface area (Å²) in [6, 6.07) is 0.234. The maximum atomic E-state index is 11.8. The van der Waals surface area contributed by atoms with Crippen LogP contribution in [-0.4, -0.2) is 45.9 Å². The minimum absolute atomic E-state index is 0.234. The molecule has 2 rings (SSSR count). The molecule has 1 amide bonds. The summed E-state index contributed by atoms with van der Waals surface area (Å²) in [5.41, 5.74) is -0.444. The molecule has 1 aromatic rings. The van der Waals surface area contributed by atoms with Gasteiger partial charge in [-0.15, -0.1) is 10.2 Å². The molecule has 1 aromatic heterocycles. The fourth-order valence-electron chi connectivity index (χ4n) is 1.96. The molecular formula is C14H24N4O2S. The van der Waals surface area contributed by atoms with Gasteiger partial charge in [-0.3, -0.25) is 0 Å². The second-order valence-corrected chi connectivity index (χ2v) is 7.89. The quantitative estimate of drug-likeness (QED) is 0.926. The molecule has 1 saturated heterocycles. The largest absolute Gasteiger partial charge is 0.444 e. The Bertz CT molecular complexity index is 489. The van der Waals surface area contributed by atoms with Crippen LogP contribution in [0.1, 0.15) is 39.6 Å². The van der Waals surface area contributed by atoms with Crippen LogP contribution in [0.5, 0.6) is 0 Å². The molecular weight excluding hydrogens is 288 g/mol. The molecule has 1 fully saturated rings. The van der Waals surface area contributed by atoms with Crippen LogP contribution in [0.2, 0.25) is 0 Å². The average Bonchev–Trinajstić information content (AvgIpc) is 2.66. The summed E-state index contributed by atoms with van der Waals surface area (Å²) in [5.74, 6) is 0.581. The maximum Gasteiger partial charge on any atom is 0.410 e. The third-order valence-corrected chi connectivity index (χ3v) is 3.79. The minimum atomic E-state index is -0.444. The lowest BCUT2D eigenvalue weighted by atomic mass is 10.1.